The molecule has 68 valence electrons. The van der Waals surface area contributed by atoms with Crippen LogP contribution in [0.2, 0.25) is 0 Å². The number of halogens is 1. The molecule has 13 heavy (non-hydrogen) atoms. The minimum atomic E-state index is 0.279. The zero-order valence-corrected chi connectivity index (χ0v) is 9.45. The molecule has 0 amide bonds. The molecule has 3 heteroatoms. The number of Topliss-reactive ketones (excluding diaryl/α,β-unsaturated/α-hetero) is 1. The fourth-order valence-corrected chi connectivity index (χ4v) is 3.12. The zero-order valence-electron chi connectivity index (χ0n) is 7.05. The second-order valence-corrected chi connectivity index (χ2v) is 4.95. The average Bonchev–Trinajstić information content (AvgIpc) is 2.30. The normalized spacial score (nSPS) is 16.5. The van der Waals surface area contributed by atoms with Crippen molar-refractivity contribution in [3.63, 3.8) is 0 Å². The summed E-state index contributed by atoms with van der Waals surface area (Å²) in [5, 5.41) is 0. The third-order valence-corrected chi connectivity index (χ3v) is 3.87. The molecule has 0 aromatic heterocycles. The molecular weight excluding hydrogens is 248 g/mol. The Labute approximate surface area is 90.0 Å². The van der Waals surface area contributed by atoms with Crippen LogP contribution in [0.25, 0.3) is 0 Å². The Balaban J connectivity index is 2.54. The van der Waals surface area contributed by atoms with Gasteiger partial charge in [0.15, 0.2) is 5.78 Å². The lowest BCUT2D eigenvalue weighted by Crippen LogP contribution is -2.00. The zero-order chi connectivity index (χ0) is 9.26. The predicted molar refractivity (Wildman–Crippen MR) is 59.3 cm³/mol. The molecule has 0 unspecified atom stereocenters. The van der Waals surface area contributed by atoms with Crippen molar-refractivity contribution in [3.8, 4) is 0 Å². The molecule has 0 N–H and O–H groups in total. The van der Waals surface area contributed by atoms with Crippen LogP contribution in [-0.4, -0.2) is 11.5 Å². The van der Waals surface area contributed by atoms with Crippen molar-refractivity contribution < 1.29 is 4.79 Å². The van der Waals surface area contributed by atoms with Crippen molar-refractivity contribution in [3.05, 3.63) is 33.8 Å². The van der Waals surface area contributed by atoms with Gasteiger partial charge in [-0.1, -0.05) is 28.1 Å². The van der Waals surface area contributed by atoms with E-state index in [1.807, 2.05) is 30.0 Å². The first-order valence-corrected chi connectivity index (χ1v) is 6.12. The van der Waals surface area contributed by atoms with Crippen LogP contribution < -0.4 is 0 Å². The standard InChI is InChI=1S/C10H9BrOS/c11-9-3-1-2-7-8(9)6-13-5-4-10(7)12/h1-3H,4-6H2. The molecule has 0 fully saturated rings. The van der Waals surface area contributed by atoms with E-state index in [1.165, 1.54) is 0 Å². The molecule has 2 rings (SSSR count). The Morgan fingerprint density at radius 1 is 1.38 bits per heavy atom. The van der Waals surface area contributed by atoms with Gasteiger partial charge in [0.05, 0.1) is 0 Å². The molecule has 1 aromatic carbocycles. The van der Waals surface area contributed by atoms with E-state index in [9.17, 15) is 4.79 Å². The van der Waals surface area contributed by atoms with Gasteiger partial charge in [0.2, 0.25) is 0 Å². The number of hydrogen-bond acceptors (Lipinski definition) is 2. The van der Waals surface area contributed by atoms with Crippen LogP contribution in [-0.2, 0) is 5.75 Å². The quantitative estimate of drug-likeness (QED) is 0.709. The highest BCUT2D eigenvalue weighted by Crippen LogP contribution is 2.29. The highest BCUT2D eigenvalue weighted by atomic mass is 79.9. The summed E-state index contributed by atoms with van der Waals surface area (Å²) in [6, 6.07) is 5.85. The average molecular weight is 257 g/mol. The Morgan fingerprint density at radius 3 is 3.08 bits per heavy atom. The number of ketones is 1. The highest BCUT2D eigenvalue weighted by molar-refractivity contribution is 9.10. The van der Waals surface area contributed by atoms with Crippen LogP contribution in [0, 0.1) is 0 Å². The van der Waals surface area contributed by atoms with Crippen LogP contribution in [0.1, 0.15) is 22.3 Å². The largest absolute Gasteiger partial charge is 0.294 e. The number of carbonyl (C=O) groups excluding carboxylic acids is 1. The maximum absolute atomic E-state index is 11.6. The molecule has 0 bridgehead atoms. The summed E-state index contributed by atoms with van der Waals surface area (Å²) in [5.74, 6) is 2.17. The lowest BCUT2D eigenvalue weighted by Gasteiger charge is -2.05. The van der Waals surface area contributed by atoms with Gasteiger partial charge in [0.1, 0.15) is 0 Å². The summed E-state index contributed by atoms with van der Waals surface area (Å²) in [6.45, 7) is 0. The van der Waals surface area contributed by atoms with Crippen LogP contribution in [0.5, 0.6) is 0 Å². The molecule has 1 aromatic rings. The maximum atomic E-state index is 11.6. The monoisotopic (exact) mass is 256 g/mol. The van der Waals surface area contributed by atoms with E-state index >= 15 is 0 Å². The van der Waals surface area contributed by atoms with Crippen LogP contribution >= 0.6 is 27.7 Å². The smallest absolute Gasteiger partial charge is 0.164 e. The Hall–Kier alpha value is -0.280. The van der Waals surface area contributed by atoms with Gasteiger partial charge in [-0.3, -0.25) is 4.79 Å². The number of fused-ring (bicyclic) bond motifs is 1. The van der Waals surface area contributed by atoms with E-state index in [4.69, 9.17) is 0 Å². The fraction of sp³-hybridized carbons (Fsp3) is 0.300. The van der Waals surface area contributed by atoms with Crippen molar-refractivity contribution in [2.24, 2.45) is 0 Å². The van der Waals surface area contributed by atoms with Crippen molar-refractivity contribution >= 4 is 33.5 Å². The lowest BCUT2D eigenvalue weighted by molar-refractivity contribution is 0.0989. The number of thioether (sulfide) groups is 1. The van der Waals surface area contributed by atoms with Crippen molar-refractivity contribution in [2.75, 3.05) is 5.75 Å². The van der Waals surface area contributed by atoms with E-state index in [1.54, 1.807) is 0 Å². The van der Waals surface area contributed by atoms with Crippen molar-refractivity contribution in [1.29, 1.82) is 0 Å². The van der Waals surface area contributed by atoms with E-state index in [2.05, 4.69) is 15.9 Å². The van der Waals surface area contributed by atoms with Gasteiger partial charge in [-0.25, -0.2) is 0 Å². The minimum Gasteiger partial charge on any atom is -0.294 e. The SMILES string of the molecule is O=C1CCSCc2c(Br)cccc21. The van der Waals surface area contributed by atoms with Gasteiger partial charge in [-0.05, 0) is 11.6 Å². The molecule has 1 aliphatic heterocycles. The first-order valence-electron chi connectivity index (χ1n) is 4.17. The predicted octanol–water partition coefficient (Wildman–Crippen LogP) is 3.27. The summed E-state index contributed by atoms with van der Waals surface area (Å²) in [4.78, 5) is 11.6. The number of hydrogen-bond donors (Lipinski definition) is 0. The number of benzene rings is 1. The van der Waals surface area contributed by atoms with Gasteiger partial charge in [0.25, 0.3) is 0 Å². The molecule has 0 spiro atoms. The lowest BCUT2D eigenvalue weighted by atomic mass is 10.0. The first-order chi connectivity index (χ1) is 6.29. The second kappa shape index (κ2) is 3.84. The van der Waals surface area contributed by atoms with Gasteiger partial charge in [-0.2, -0.15) is 11.8 Å². The van der Waals surface area contributed by atoms with Gasteiger partial charge in [-0.15, -0.1) is 0 Å². The van der Waals surface area contributed by atoms with Gasteiger partial charge < -0.3 is 0 Å². The Morgan fingerprint density at radius 2 is 2.23 bits per heavy atom. The molecule has 1 nitrogen and oxygen atoms in total. The highest BCUT2D eigenvalue weighted by Gasteiger charge is 2.16. The van der Waals surface area contributed by atoms with Crippen molar-refractivity contribution in [1.82, 2.24) is 0 Å². The summed E-state index contributed by atoms with van der Waals surface area (Å²) in [6.07, 6.45) is 0.675. The maximum Gasteiger partial charge on any atom is 0.164 e. The first kappa shape index (κ1) is 9.28. The van der Waals surface area contributed by atoms with Crippen LogP contribution in [0.3, 0.4) is 0 Å². The second-order valence-electron chi connectivity index (χ2n) is 2.99. The van der Waals surface area contributed by atoms with Crippen molar-refractivity contribution in [2.45, 2.75) is 12.2 Å². The topological polar surface area (TPSA) is 17.1 Å². The van der Waals surface area contributed by atoms with Crippen LogP contribution in [0.15, 0.2) is 22.7 Å². The van der Waals surface area contributed by atoms with Gasteiger partial charge >= 0.3 is 0 Å². The summed E-state index contributed by atoms with van der Waals surface area (Å²) in [7, 11) is 0. The molecule has 0 saturated heterocycles. The van der Waals surface area contributed by atoms with E-state index in [-0.39, 0.29) is 5.78 Å². The Bertz CT molecular complexity index is 349. The summed E-state index contributed by atoms with van der Waals surface area (Å²) >= 11 is 5.30. The minimum absolute atomic E-state index is 0.279. The number of rotatable bonds is 0. The molecule has 0 aliphatic carbocycles. The molecule has 0 saturated carbocycles. The Kier molecular flexibility index (Phi) is 2.74. The van der Waals surface area contributed by atoms with E-state index in [0.29, 0.717) is 6.42 Å². The van der Waals surface area contributed by atoms with Gasteiger partial charge in [0, 0.05) is 28.0 Å². The van der Waals surface area contributed by atoms with E-state index < -0.39 is 0 Å². The molecule has 0 atom stereocenters. The van der Waals surface area contributed by atoms with Crippen LogP contribution in [0.4, 0.5) is 0 Å². The fourth-order valence-electron chi connectivity index (χ4n) is 1.44. The summed E-state index contributed by atoms with van der Waals surface area (Å²) < 4.78 is 1.06. The molecule has 1 heterocycles. The summed E-state index contributed by atoms with van der Waals surface area (Å²) in [5.41, 5.74) is 2.06. The number of carbonyl (C=O) groups is 1. The molecule has 1 aliphatic rings. The third kappa shape index (κ3) is 1.81. The molecular formula is C10H9BrOS. The van der Waals surface area contributed by atoms with E-state index in [0.717, 1.165) is 27.1 Å². The molecule has 0 radical (unpaired) electrons. The third-order valence-electron chi connectivity index (χ3n) is 2.14.